The molecule has 1 aromatic rings. The highest BCUT2D eigenvalue weighted by Gasteiger charge is 2.22. The molecule has 24 heavy (non-hydrogen) atoms. The number of nitrogens with zero attached hydrogens (tertiary/aromatic N) is 2. The third-order valence-corrected chi connectivity index (χ3v) is 4.55. The van der Waals surface area contributed by atoms with Crippen LogP contribution in [0.3, 0.4) is 0 Å². The van der Waals surface area contributed by atoms with E-state index in [9.17, 15) is 9.59 Å². The molecule has 0 bridgehead atoms. The van der Waals surface area contributed by atoms with Crippen molar-refractivity contribution < 1.29 is 9.59 Å². The van der Waals surface area contributed by atoms with Crippen LogP contribution >= 0.6 is 11.6 Å². The molecule has 1 heterocycles. The highest BCUT2D eigenvalue weighted by molar-refractivity contribution is 6.30. The number of carbonyl (C=O) groups is 2. The van der Waals surface area contributed by atoms with Crippen LogP contribution in [-0.4, -0.2) is 36.3 Å². The molecule has 2 rings (SSSR count). The van der Waals surface area contributed by atoms with E-state index in [1.807, 2.05) is 35.2 Å². The molecule has 0 spiro atoms. The van der Waals surface area contributed by atoms with Crippen LogP contribution < -0.4 is 5.32 Å². The van der Waals surface area contributed by atoms with E-state index < -0.39 is 0 Å². The number of nitriles is 1. The van der Waals surface area contributed by atoms with Crippen LogP contribution in [0.5, 0.6) is 0 Å². The van der Waals surface area contributed by atoms with Gasteiger partial charge in [-0.2, -0.15) is 5.26 Å². The maximum atomic E-state index is 12.3. The first kappa shape index (κ1) is 18.3. The number of carbonyl (C=O) groups excluding carboxylic acids is 2. The third-order valence-electron chi connectivity index (χ3n) is 4.31. The van der Waals surface area contributed by atoms with Gasteiger partial charge in [-0.15, -0.1) is 0 Å². The van der Waals surface area contributed by atoms with Crippen LogP contribution in [0, 0.1) is 17.2 Å². The van der Waals surface area contributed by atoms with Gasteiger partial charge in [-0.3, -0.25) is 9.59 Å². The summed E-state index contributed by atoms with van der Waals surface area (Å²) in [4.78, 5) is 25.5. The van der Waals surface area contributed by atoms with Crippen molar-refractivity contribution in [1.82, 2.24) is 10.2 Å². The summed E-state index contributed by atoms with van der Waals surface area (Å²) in [6, 6.07) is 9.43. The van der Waals surface area contributed by atoms with E-state index in [4.69, 9.17) is 16.9 Å². The van der Waals surface area contributed by atoms with E-state index in [0.717, 1.165) is 31.5 Å². The van der Waals surface area contributed by atoms with Crippen LogP contribution in [0.4, 0.5) is 0 Å². The lowest BCUT2D eigenvalue weighted by Gasteiger charge is -2.32. The highest BCUT2D eigenvalue weighted by atomic mass is 35.5. The molecule has 1 N–H and O–H groups in total. The quantitative estimate of drug-likeness (QED) is 0.859. The topological polar surface area (TPSA) is 73.2 Å². The molecule has 1 saturated heterocycles. The van der Waals surface area contributed by atoms with Gasteiger partial charge >= 0.3 is 0 Å². The van der Waals surface area contributed by atoms with Crippen molar-refractivity contribution in [3.05, 3.63) is 34.9 Å². The molecular weight excluding hydrogens is 326 g/mol. The Hall–Kier alpha value is -2.06. The zero-order valence-corrected chi connectivity index (χ0v) is 14.4. The largest absolute Gasteiger partial charge is 0.355 e. The van der Waals surface area contributed by atoms with Gasteiger partial charge in [0.1, 0.15) is 6.42 Å². The molecule has 0 aromatic heterocycles. The van der Waals surface area contributed by atoms with Crippen molar-refractivity contribution in [2.45, 2.75) is 32.1 Å². The normalized spacial score (nSPS) is 14.9. The average molecular weight is 348 g/mol. The van der Waals surface area contributed by atoms with E-state index in [1.54, 1.807) is 0 Å². The number of aryl methyl sites for hydroxylation is 1. The van der Waals surface area contributed by atoms with E-state index in [-0.39, 0.29) is 18.2 Å². The Bertz CT molecular complexity index is 619. The number of nitrogens with one attached hydrogen (secondary N) is 1. The van der Waals surface area contributed by atoms with Gasteiger partial charge in [0.15, 0.2) is 0 Å². The lowest BCUT2D eigenvalue weighted by Crippen LogP contribution is -2.41. The monoisotopic (exact) mass is 347 g/mol. The molecular formula is C18H22ClN3O2. The number of halogens is 1. The Balaban J connectivity index is 1.69. The number of likely N-dealkylation sites (tertiary alicyclic amines) is 1. The summed E-state index contributed by atoms with van der Waals surface area (Å²) in [5, 5.41) is 11.9. The predicted octanol–water partition coefficient (Wildman–Crippen LogP) is 2.54. The molecule has 0 saturated carbocycles. The fourth-order valence-electron chi connectivity index (χ4n) is 2.88. The van der Waals surface area contributed by atoms with Gasteiger partial charge < -0.3 is 10.2 Å². The maximum absolute atomic E-state index is 12.3. The molecule has 0 radical (unpaired) electrons. The van der Waals surface area contributed by atoms with Gasteiger partial charge in [-0.05, 0) is 42.9 Å². The smallest absolute Gasteiger partial charge is 0.234 e. The van der Waals surface area contributed by atoms with Gasteiger partial charge in [-0.1, -0.05) is 23.7 Å². The van der Waals surface area contributed by atoms with Gasteiger partial charge in [0.2, 0.25) is 11.8 Å². The van der Waals surface area contributed by atoms with Crippen LogP contribution in [0.15, 0.2) is 24.3 Å². The lowest BCUT2D eigenvalue weighted by molar-refractivity contribution is -0.132. The number of benzene rings is 1. The molecule has 6 heteroatoms. The molecule has 5 nitrogen and oxygen atoms in total. The fourth-order valence-corrected chi connectivity index (χ4v) is 3.09. The molecule has 0 aliphatic carbocycles. The average Bonchev–Trinajstić information content (AvgIpc) is 2.59. The lowest BCUT2D eigenvalue weighted by atomic mass is 9.96. The second-order valence-electron chi connectivity index (χ2n) is 6.09. The molecule has 1 aromatic carbocycles. The summed E-state index contributed by atoms with van der Waals surface area (Å²) in [5.74, 6) is 0.323. The fraction of sp³-hybridized carbons (Fsp3) is 0.500. The summed E-state index contributed by atoms with van der Waals surface area (Å²) in [6.45, 7) is 2.05. The first-order chi connectivity index (χ1) is 11.6. The summed E-state index contributed by atoms with van der Waals surface area (Å²) >= 11 is 5.95. The zero-order chi connectivity index (χ0) is 17.4. The van der Waals surface area contributed by atoms with E-state index in [0.29, 0.717) is 30.3 Å². The van der Waals surface area contributed by atoms with Crippen molar-refractivity contribution >= 4 is 23.4 Å². The summed E-state index contributed by atoms with van der Waals surface area (Å²) in [5.41, 5.74) is 1.07. The highest BCUT2D eigenvalue weighted by Crippen LogP contribution is 2.18. The minimum absolute atomic E-state index is 0.0964. The number of hydrogen-bond donors (Lipinski definition) is 1. The standard InChI is InChI=1S/C18H22ClN3O2/c19-16-3-1-2-14(12-16)4-5-18(24)22-10-7-15(8-11-22)13-21-17(23)6-9-20/h1-3,12,15H,4-8,10-11,13H2,(H,21,23). The van der Waals surface area contributed by atoms with Crippen molar-refractivity contribution in [2.24, 2.45) is 5.92 Å². The van der Waals surface area contributed by atoms with Gasteiger partial charge in [0.25, 0.3) is 0 Å². The van der Waals surface area contributed by atoms with Gasteiger partial charge in [0, 0.05) is 31.1 Å². The van der Waals surface area contributed by atoms with E-state index >= 15 is 0 Å². The van der Waals surface area contributed by atoms with Gasteiger partial charge in [-0.25, -0.2) is 0 Å². The molecule has 1 aliphatic heterocycles. The Kier molecular flexibility index (Phi) is 7.07. The first-order valence-electron chi connectivity index (χ1n) is 8.24. The van der Waals surface area contributed by atoms with Crippen LogP contribution in [0.25, 0.3) is 0 Å². The Morgan fingerprint density at radius 2 is 2.08 bits per heavy atom. The minimum atomic E-state index is -0.225. The van der Waals surface area contributed by atoms with E-state index in [2.05, 4.69) is 5.32 Å². The predicted molar refractivity (Wildman–Crippen MR) is 92.3 cm³/mol. The first-order valence-corrected chi connectivity index (χ1v) is 8.62. The summed E-state index contributed by atoms with van der Waals surface area (Å²) in [6.07, 6.45) is 2.86. The van der Waals surface area contributed by atoms with Crippen molar-refractivity contribution in [2.75, 3.05) is 19.6 Å². The molecule has 0 unspecified atom stereocenters. The second-order valence-corrected chi connectivity index (χ2v) is 6.53. The van der Waals surface area contributed by atoms with Crippen LogP contribution in [-0.2, 0) is 16.0 Å². The molecule has 128 valence electrons. The number of rotatable bonds is 6. The number of amides is 2. The minimum Gasteiger partial charge on any atom is -0.355 e. The Morgan fingerprint density at radius 1 is 1.33 bits per heavy atom. The second kappa shape index (κ2) is 9.29. The van der Waals surface area contributed by atoms with E-state index in [1.165, 1.54) is 0 Å². The van der Waals surface area contributed by atoms with Crippen molar-refractivity contribution in [1.29, 1.82) is 5.26 Å². The van der Waals surface area contributed by atoms with Crippen molar-refractivity contribution in [3.63, 3.8) is 0 Å². The summed E-state index contributed by atoms with van der Waals surface area (Å²) in [7, 11) is 0. The molecule has 2 amide bonds. The SMILES string of the molecule is N#CCC(=O)NCC1CCN(C(=O)CCc2cccc(Cl)c2)CC1. The van der Waals surface area contributed by atoms with Gasteiger partial charge in [0.05, 0.1) is 6.07 Å². The Morgan fingerprint density at radius 3 is 2.75 bits per heavy atom. The molecule has 1 fully saturated rings. The Labute approximate surface area is 147 Å². The zero-order valence-electron chi connectivity index (χ0n) is 13.6. The maximum Gasteiger partial charge on any atom is 0.234 e. The van der Waals surface area contributed by atoms with Crippen LogP contribution in [0.2, 0.25) is 5.02 Å². The number of piperidine rings is 1. The molecule has 1 aliphatic rings. The number of hydrogen-bond acceptors (Lipinski definition) is 3. The third kappa shape index (κ3) is 5.86. The molecule has 0 atom stereocenters. The van der Waals surface area contributed by atoms with Crippen LogP contribution in [0.1, 0.15) is 31.2 Å². The summed E-state index contributed by atoms with van der Waals surface area (Å²) < 4.78 is 0. The van der Waals surface area contributed by atoms with Crippen molar-refractivity contribution in [3.8, 4) is 6.07 Å².